The molecule has 3 heterocycles. The monoisotopic (exact) mass is 435 g/mol. The molecule has 0 unspecified atom stereocenters. The SMILES string of the molecule is COCc1cc(=O)c(O)c(-c2[nH]c(-c3ccn(C(C)C)c3)nc2-c2ccc(OC)cc2)o1. The van der Waals surface area contributed by atoms with Gasteiger partial charge in [0.1, 0.15) is 35.3 Å². The van der Waals surface area contributed by atoms with Crippen molar-refractivity contribution in [3.8, 4) is 45.6 Å². The molecule has 4 rings (SSSR count). The number of benzene rings is 1. The summed E-state index contributed by atoms with van der Waals surface area (Å²) in [5.74, 6) is 1.11. The molecule has 2 N–H and O–H groups in total. The summed E-state index contributed by atoms with van der Waals surface area (Å²) in [6.45, 7) is 4.28. The van der Waals surface area contributed by atoms with E-state index in [2.05, 4.69) is 23.4 Å². The number of hydrogen-bond acceptors (Lipinski definition) is 6. The van der Waals surface area contributed by atoms with Crippen LogP contribution in [-0.4, -0.2) is 33.9 Å². The van der Waals surface area contributed by atoms with E-state index in [9.17, 15) is 9.90 Å². The van der Waals surface area contributed by atoms with Gasteiger partial charge < -0.3 is 28.5 Å². The lowest BCUT2D eigenvalue weighted by molar-refractivity contribution is 0.162. The minimum absolute atomic E-state index is 0.0115. The van der Waals surface area contributed by atoms with Crippen molar-refractivity contribution in [3.05, 3.63) is 64.8 Å². The Hall–Kier alpha value is -3.78. The summed E-state index contributed by atoms with van der Waals surface area (Å²) in [5.41, 5.74) is 2.02. The zero-order valence-corrected chi connectivity index (χ0v) is 18.4. The van der Waals surface area contributed by atoms with Gasteiger partial charge in [-0.25, -0.2) is 4.98 Å². The first-order valence-electron chi connectivity index (χ1n) is 10.2. The Morgan fingerprint density at radius 2 is 1.91 bits per heavy atom. The topological polar surface area (TPSA) is 103 Å². The van der Waals surface area contributed by atoms with Gasteiger partial charge in [-0.05, 0) is 44.2 Å². The van der Waals surface area contributed by atoms with Crippen LogP contribution in [0.3, 0.4) is 0 Å². The number of aromatic amines is 1. The molecule has 166 valence electrons. The van der Waals surface area contributed by atoms with E-state index in [1.54, 1.807) is 7.11 Å². The second-order valence-corrected chi connectivity index (χ2v) is 7.67. The number of hydrogen-bond donors (Lipinski definition) is 2. The number of nitrogens with one attached hydrogen (secondary N) is 1. The number of rotatable bonds is 7. The van der Waals surface area contributed by atoms with Crippen LogP contribution in [0.5, 0.6) is 11.5 Å². The van der Waals surface area contributed by atoms with Gasteiger partial charge in [-0.1, -0.05) is 0 Å². The Bertz CT molecular complexity index is 1280. The molecule has 0 amide bonds. The fourth-order valence-corrected chi connectivity index (χ4v) is 3.42. The van der Waals surface area contributed by atoms with Gasteiger partial charge in [-0.15, -0.1) is 0 Å². The normalized spacial score (nSPS) is 11.3. The summed E-state index contributed by atoms with van der Waals surface area (Å²) in [7, 11) is 3.10. The van der Waals surface area contributed by atoms with Gasteiger partial charge in [-0.2, -0.15) is 0 Å². The molecule has 0 saturated carbocycles. The molecule has 32 heavy (non-hydrogen) atoms. The van der Waals surface area contributed by atoms with Gasteiger partial charge in [0.25, 0.3) is 0 Å². The maximum Gasteiger partial charge on any atom is 0.227 e. The van der Waals surface area contributed by atoms with Gasteiger partial charge in [-0.3, -0.25) is 4.79 Å². The van der Waals surface area contributed by atoms with Crippen LogP contribution in [0, 0.1) is 0 Å². The predicted molar refractivity (Wildman–Crippen MR) is 121 cm³/mol. The summed E-state index contributed by atoms with van der Waals surface area (Å²) in [4.78, 5) is 20.4. The van der Waals surface area contributed by atoms with E-state index in [0.29, 0.717) is 34.8 Å². The van der Waals surface area contributed by atoms with Gasteiger partial charge in [0, 0.05) is 42.7 Å². The maximum absolute atomic E-state index is 12.4. The minimum atomic E-state index is -0.555. The Morgan fingerprint density at radius 1 is 1.16 bits per heavy atom. The summed E-state index contributed by atoms with van der Waals surface area (Å²) in [6, 6.07) is 10.8. The van der Waals surface area contributed by atoms with E-state index in [4.69, 9.17) is 18.9 Å². The van der Waals surface area contributed by atoms with Crippen LogP contribution in [0.4, 0.5) is 0 Å². The van der Waals surface area contributed by atoms with Crippen LogP contribution < -0.4 is 10.2 Å². The van der Waals surface area contributed by atoms with E-state index in [1.807, 2.05) is 42.7 Å². The lowest BCUT2D eigenvalue weighted by Gasteiger charge is -2.07. The van der Waals surface area contributed by atoms with E-state index >= 15 is 0 Å². The Labute approximate surface area is 185 Å². The minimum Gasteiger partial charge on any atom is -0.501 e. The van der Waals surface area contributed by atoms with E-state index in [1.165, 1.54) is 13.2 Å². The highest BCUT2D eigenvalue weighted by Crippen LogP contribution is 2.37. The molecule has 1 aromatic carbocycles. The zero-order valence-electron chi connectivity index (χ0n) is 18.4. The third-order valence-electron chi connectivity index (χ3n) is 5.14. The van der Waals surface area contributed by atoms with Crippen molar-refractivity contribution in [2.45, 2.75) is 26.5 Å². The van der Waals surface area contributed by atoms with E-state index < -0.39 is 11.2 Å². The summed E-state index contributed by atoms with van der Waals surface area (Å²) >= 11 is 0. The van der Waals surface area contributed by atoms with Crippen LogP contribution in [0.15, 0.2) is 58.0 Å². The predicted octanol–water partition coefficient (Wildman–Crippen LogP) is 4.61. The molecule has 4 aromatic rings. The molecular formula is C24H25N3O5. The summed E-state index contributed by atoms with van der Waals surface area (Å²) in [5, 5.41) is 10.5. The van der Waals surface area contributed by atoms with Gasteiger partial charge in [0.2, 0.25) is 11.2 Å². The van der Waals surface area contributed by atoms with Crippen LogP contribution in [0.2, 0.25) is 0 Å². The average Bonchev–Trinajstić information content (AvgIpc) is 3.44. The standard InChI is InChI=1S/C24H25N3O5/c1-14(2)27-10-9-16(12-27)24-25-20(15-5-7-17(31-4)8-6-15)21(26-24)23-22(29)19(28)11-18(32-23)13-30-3/h5-12,14,29H,13H2,1-4H3,(H,25,26). The molecule has 0 atom stereocenters. The van der Waals surface area contributed by atoms with Crippen LogP contribution in [0.1, 0.15) is 25.6 Å². The van der Waals surface area contributed by atoms with Gasteiger partial charge >= 0.3 is 0 Å². The van der Waals surface area contributed by atoms with Gasteiger partial charge in [0.05, 0.1) is 7.11 Å². The fraction of sp³-hybridized carbons (Fsp3) is 0.250. The molecule has 0 aliphatic rings. The third-order valence-corrected chi connectivity index (χ3v) is 5.14. The molecule has 0 fully saturated rings. The van der Waals surface area contributed by atoms with Crippen LogP contribution in [-0.2, 0) is 11.3 Å². The Balaban J connectivity index is 1.92. The molecule has 8 heteroatoms. The van der Waals surface area contributed by atoms with Crippen molar-refractivity contribution in [2.75, 3.05) is 14.2 Å². The van der Waals surface area contributed by atoms with Crippen molar-refractivity contribution < 1.29 is 19.0 Å². The molecule has 8 nitrogen and oxygen atoms in total. The number of aromatic hydroxyl groups is 1. The first-order valence-corrected chi connectivity index (χ1v) is 10.2. The van der Waals surface area contributed by atoms with Crippen molar-refractivity contribution in [1.29, 1.82) is 0 Å². The smallest absolute Gasteiger partial charge is 0.227 e. The fourth-order valence-electron chi connectivity index (χ4n) is 3.42. The number of H-pyrrole nitrogens is 1. The average molecular weight is 435 g/mol. The summed E-state index contributed by atoms with van der Waals surface area (Å²) < 4.78 is 18.3. The highest BCUT2D eigenvalue weighted by Gasteiger charge is 2.23. The lowest BCUT2D eigenvalue weighted by Crippen LogP contribution is -2.04. The van der Waals surface area contributed by atoms with E-state index in [-0.39, 0.29) is 12.4 Å². The molecule has 0 spiro atoms. The second kappa shape index (κ2) is 8.76. The third kappa shape index (κ3) is 4.04. The highest BCUT2D eigenvalue weighted by atomic mass is 16.5. The molecule has 0 aliphatic heterocycles. The van der Waals surface area contributed by atoms with Gasteiger partial charge in [0.15, 0.2) is 5.76 Å². The van der Waals surface area contributed by atoms with Crippen molar-refractivity contribution >= 4 is 0 Å². The van der Waals surface area contributed by atoms with E-state index in [0.717, 1.165) is 11.1 Å². The largest absolute Gasteiger partial charge is 0.501 e. The maximum atomic E-state index is 12.4. The molecule has 0 saturated heterocycles. The number of aromatic nitrogens is 3. The number of ether oxygens (including phenoxy) is 2. The number of imidazole rings is 1. The molecule has 0 radical (unpaired) electrons. The Kier molecular flexibility index (Phi) is 5.87. The number of methoxy groups -OCH3 is 2. The Morgan fingerprint density at radius 3 is 2.53 bits per heavy atom. The van der Waals surface area contributed by atoms with Crippen LogP contribution in [0.25, 0.3) is 34.1 Å². The van der Waals surface area contributed by atoms with Crippen molar-refractivity contribution in [3.63, 3.8) is 0 Å². The second-order valence-electron chi connectivity index (χ2n) is 7.67. The lowest BCUT2D eigenvalue weighted by atomic mass is 10.1. The zero-order chi connectivity index (χ0) is 22.8. The molecule has 3 aromatic heterocycles. The number of nitrogens with zero attached hydrogens (tertiary/aromatic N) is 2. The molecule has 0 aliphatic carbocycles. The first-order chi connectivity index (χ1) is 15.4. The highest BCUT2D eigenvalue weighted by molar-refractivity contribution is 5.81. The summed E-state index contributed by atoms with van der Waals surface area (Å²) in [6.07, 6.45) is 3.97. The van der Waals surface area contributed by atoms with Crippen molar-refractivity contribution in [1.82, 2.24) is 14.5 Å². The van der Waals surface area contributed by atoms with Crippen molar-refractivity contribution in [2.24, 2.45) is 0 Å². The molecular weight excluding hydrogens is 410 g/mol. The van der Waals surface area contributed by atoms with Crippen LogP contribution >= 0.6 is 0 Å². The quantitative estimate of drug-likeness (QED) is 0.440. The first kappa shape index (κ1) is 21.5. The molecule has 0 bridgehead atoms.